The van der Waals surface area contributed by atoms with Crippen LogP contribution >= 0.6 is 27.5 Å². The highest BCUT2D eigenvalue weighted by molar-refractivity contribution is 9.10. The van der Waals surface area contributed by atoms with E-state index in [1.165, 1.54) is 11.1 Å². The summed E-state index contributed by atoms with van der Waals surface area (Å²) in [5, 5.41) is 4.26. The molecule has 0 aliphatic carbocycles. The molecule has 1 N–H and O–H groups in total. The van der Waals surface area contributed by atoms with Crippen LogP contribution in [0.5, 0.6) is 5.75 Å². The van der Waals surface area contributed by atoms with Crippen molar-refractivity contribution >= 4 is 27.5 Å². The molecule has 2 aromatic carbocycles. The molecule has 0 saturated carbocycles. The van der Waals surface area contributed by atoms with Gasteiger partial charge in [-0.3, -0.25) is 0 Å². The van der Waals surface area contributed by atoms with Crippen LogP contribution in [-0.4, -0.2) is 7.11 Å². The van der Waals surface area contributed by atoms with Crippen molar-refractivity contribution in [3.8, 4) is 5.75 Å². The molecule has 0 unspecified atom stereocenters. The normalized spacial score (nSPS) is 12.2. The zero-order valence-corrected chi connectivity index (χ0v) is 13.8. The topological polar surface area (TPSA) is 21.3 Å². The van der Waals surface area contributed by atoms with Crippen molar-refractivity contribution in [3.63, 3.8) is 0 Å². The number of rotatable bonds is 5. The van der Waals surface area contributed by atoms with E-state index in [2.05, 4.69) is 40.3 Å². The Labute approximate surface area is 133 Å². The highest BCUT2D eigenvalue weighted by Gasteiger charge is 2.06. The maximum atomic E-state index is 5.90. The Morgan fingerprint density at radius 1 is 1.20 bits per heavy atom. The number of halogens is 2. The number of hydrogen-bond acceptors (Lipinski definition) is 2. The fourth-order valence-electron chi connectivity index (χ4n) is 1.96. The monoisotopic (exact) mass is 353 g/mol. The van der Waals surface area contributed by atoms with Crippen LogP contribution in [0, 0.1) is 0 Å². The molecule has 1 atom stereocenters. The second-order valence-corrected chi connectivity index (χ2v) is 5.91. The molecule has 0 heterocycles. The molecule has 0 aromatic heterocycles. The lowest BCUT2D eigenvalue weighted by Gasteiger charge is -2.15. The van der Waals surface area contributed by atoms with Crippen LogP contribution in [0.4, 0.5) is 0 Å². The molecule has 0 aliphatic heterocycles. The minimum atomic E-state index is 0.271. The zero-order chi connectivity index (χ0) is 14.5. The molecule has 0 fully saturated rings. The summed E-state index contributed by atoms with van der Waals surface area (Å²) >= 11 is 9.40. The van der Waals surface area contributed by atoms with Gasteiger partial charge in [-0.05, 0) is 58.2 Å². The second-order valence-electron chi connectivity index (χ2n) is 4.62. The number of benzene rings is 2. The van der Waals surface area contributed by atoms with E-state index in [-0.39, 0.29) is 6.04 Å². The van der Waals surface area contributed by atoms with Gasteiger partial charge in [-0.25, -0.2) is 0 Å². The van der Waals surface area contributed by atoms with Gasteiger partial charge < -0.3 is 10.1 Å². The highest BCUT2D eigenvalue weighted by Crippen LogP contribution is 2.25. The van der Waals surface area contributed by atoms with Crippen LogP contribution in [0.25, 0.3) is 0 Å². The second kappa shape index (κ2) is 7.11. The molecule has 2 nitrogen and oxygen atoms in total. The smallest absolute Gasteiger partial charge is 0.133 e. The zero-order valence-electron chi connectivity index (χ0n) is 11.5. The van der Waals surface area contributed by atoms with Crippen LogP contribution in [0.2, 0.25) is 5.02 Å². The van der Waals surface area contributed by atoms with E-state index in [0.29, 0.717) is 0 Å². The van der Waals surface area contributed by atoms with Crippen molar-refractivity contribution in [3.05, 3.63) is 63.1 Å². The maximum absolute atomic E-state index is 5.90. The molecule has 0 saturated heterocycles. The van der Waals surface area contributed by atoms with Gasteiger partial charge in [-0.15, -0.1) is 0 Å². The molecule has 0 bridgehead atoms. The Bertz CT molecular complexity index is 571. The minimum Gasteiger partial charge on any atom is -0.496 e. The Kier molecular flexibility index (Phi) is 5.46. The van der Waals surface area contributed by atoms with Gasteiger partial charge in [0.1, 0.15) is 5.75 Å². The van der Waals surface area contributed by atoms with E-state index in [1.54, 1.807) is 7.11 Å². The SMILES string of the molecule is COc1ccc(CN[C@H](C)c2ccc(Cl)cc2)cc1Br. The quantitative estimate of drug-likeness (QED) is 0.819. The van der Waals surface area contributed by atoms with Gasteiger partial charge in [0.05, 0.1) is 11.6 Å². The van der Waals surface area contributed by atoms with Crippen LogP contribution in [0.3, 0.4) is 0 Å². The lowest BCUT2D eigenvalue weighted by molar-refractivity contribution is 0.412. The lowest BCUT2D eigenvalue weighted by atomic mass is 10.1. The summed E-state index contributed by atoms with van der Waals surface area (Å²) < 4.78 is 6.20. The first kappa shape index (κ1) is 15.4. The average Bonchev–Trinajstić information content (AvgIpc) is 2.45. The van der Waals surface area contributed by atoms with Gasteiger partial charge in [0.2, 0.25) is 0 Å². The van der Waals surface area contributed by atoms with Gasteiger partial charge in [0, 0.05) is 17.6 Å². The third-order valence-electron chi connectivity index (χ3n) is 3.20. The van der Waals surface area contributed by atoms with E-state index in [4.69, 9.17) is 16.3 Å². The largest absolute Gasteiger partial charge is 0.496 e. The number of methoxy groups -OCH3 is 1. The summed E-state index contributed by atoms with van der Waals surface area (Å²) in [6.45, 7) is 2.94. The van der Waals surface area contributed by atoms with E-state index < -0.39 is 0 Å². The fourth-order valence-corrected chi connectivity index (χ4v) is 2.67. The predicted octanol–water partition coefficient (Wildman–Crippen LogP) is 4.96. The van der Waals surface area contributed by atoms with Crippen molar-refractivity contribution in [2.75, 3.05) is 7.11 Å². The summed E-state index contributed by atoms with van der Waals surface area (Å²) in [5.74, 6) is 0.847. The molecule has 2 rings (SSSR count). The summed E-state index contributed by atoms with van der Waals surface area (Å²) in [6, 6.07) is 14.3. The summed E-state index contributed by atoms with van der Waals surface area (Å²) in [6.07, 6.45) is 0. The Morgan fingerprint density at radius 2 is 1.90 bits per heavy atom. The van der Waals surface area contributed by atoms with Crippen molar-refractivity contribution in [2.24, 2.45) is 0 Å². The number of ether oxygens (including phenoxy) is 1. The third-order valence-corrected chi connectivity index (χ3v) is 4.07. The summed E-state index contributed by atoms with van der Waals surface area (Å²) in [4.78, 5) is 0. The van der Waals surface area contributed by atoms with Crippen LogP contribution in [0.15, 0.2) is 46.9 Å². The van der Waals surface area contributed by atoms with Gasteiger partial charge in [0.25, 0.3) is 0 Å². The molecule has 0 radical (unpaired) electrons. The predicted molar refractivity (Wildman–Crippen MR) is 87.4 cm³/mol. The van der Waals surface area contributed by atoms with Gasteiger partial charge in [-0.2, -0.15) is 0 Å². The average molecular weight is 355 g/mol. The van der Waals surface area contributed by atoms with Crippen molar-refractivity contribution < 1.29 is 4.74 Å². The van der Waals surface area contributed by atoms with Gasteiger partial charge in [0.15, 0.2) is 0 Å². The molecule has 106 valence electrons. The first-order valence-electron chi connectivity index (χ1n) is 6.41. The van der Waals surface area contributed by atoms with E-state index >= 15 is 0 Å². The van der Waals surface area contributed by atoms with Crippen molar-refractivity contribution in [2.45, 2.75) is 19.5 Å². The summed E-state index contributed by atoms with van der Waals surface area (Å²) in [5.41, 5.74) is 2.43. The lowest BCUT2D eigenvalue weighted by Crippen LogP contribution is -2.18. The van der Waals surface area contributed by atoms with E-state index in [0.717, 1.165) is 21.8 Å². The number of hydrogen-bond donors (Lipinski definition) is 1. The Balaban J connectivity index is 1.97. The highest BCUT2D eigenvalue weighted by atomic mass is 79.9. The molecule has 2 aromatic rings. The molecule has 0 amide bonds. The maximum Gasteiger partial charge on any atom is 0.133 e. The molecule has 4 heteroatoms. The first-order valence-corrected chi connectivity index (χ1v) is 7.58. The molecular formula is C16H17BrClNO. The third kappa shape index (κ3) is 3.98. The molecular weight excluding hydrogens is 338 g/mol. The van der Waals surface area contributed by atoms with E-state index in [1.807, 2.05) is 30.3 Å². The van der Waals surface area contributed by atoms with Gasteiger partial charge in [-0.1, -0.05) is 29.8 Å². The standard InChI is InChI=1S/C16H17BrClNO/c1-11(13-4-6-14(18)7-5-13)19-10-12-3-8-16(20-2)15(17)9-12/h3-9,11,19H,10H2,1-2H3/t11-/m1/s1. The molecule has 0 spiro atoms. The first-order chi connectivity index (χ1) is 9.60. The molecule has 0 aliphatic rings. The Hall–Kier alpha value is -1.03. The summed E-state index contributed by atoms with van der Waals surface area (Å²) in [7, 11) is 1.67. The van der Waals surface area contributed by atoms with Gasteiger partial charge >= 0.3 is 0 Å². The van der Waals surface area contributed by atoms with Crippen LogP contribution in [0.1, 0.15) is 24.1 Å². The van der Waals surface area contributed by atoms with Crippen LogP contribution < -0.4 is 10.1 Å². The van der Waals surface area contributed by atoms with Crippen molar-refractivity contribution in [1.82, 2.24) is 5.32 Å². The van der Waals surface area contributed by atoms with E-state index in [9.17, 15) is 0 Å². The minimum absolute atomic E-state index is 0.271. The number of nitrogens with one attached hydrogen (secondary N) is 1. The van der Waals surface area contributed by atoms with Crippen molar-refractivity contribution in [1.29, 1.82) is 0 Å². The Morgan fingerprint density at radius 3 is 2.50 bits per heavy atom. The fraction of sp³-hybridized carbons (Fsp3) is 0.250. The molecule has 20 heavy (non-hydrogen) atoms. The van der Waals surface area contributed by atoms with Crippen LogP contribution in [-0.2, 0) is 6.54 Å².